The van der Waals surface area contributed by atoms with Crippen LogP contribution in [0.4, 0.5) is 5.69 Å². The standard InChI is InChI=1S/C18H19N2O.C5H5.Fe/c1-13(15-9-7-8-10-15)18(3)14(2)19-20(17(18)21)16-11-5-4-6-12-16;1-2-4-5-3-1;/h4-13H,1-3H3;1-5H;/q;;+2. The second-order valence-electron chi connectivity index (χ2n) is 6.74. The van der Waals surface area contributed by atoms with E-state index in [9.17, 15) is 4.79 Å². The van der Waals surface area contributed by atoms with Crippen LogP contribution in [0.1, 0.15) is 20.8 Å². The van der Waals surface area contributed by atoms with E-state index >= 15 is 0 Å². The smallest absolute Gasteiger partial charge is 0.271 e. The first-order valence-electron chi connectivity index (χ1n) is 8.88. The van der Waals surface area contributed by atoms with Gasteiger partial charge in [-0.05, 0) is 95.6 Å². The van der Waals surface area contributed by atoms with Gasteiger partial charge in [-0.25, -0.2) is 0 Å². The summed E-state index contributed by atoms with van der Waals surface area (Å²) in [6, 6.07) is 9.60. The fourth-order valence-corrected chi connectivity index (χ4v) is 3.25. The van der Waals surface area contributed by atoms with Crippen LogP contribution in [-0.2, 0) is 21.9 Å². The third-order valence-electron chi connectivity index (χ3n) is 5.25. The van der Waals surface area contributed by atoms with E-state index < -0.39 is 5.41 Å². The van der Waals surface area contributed by atoms with Crippen molar-refractivity contribution in [2.75, 3.05) is 5.01 Å². The summed E-state index contributed by atoms with van der Waals surface area (Å²) in [5.41, 5.74) is 1.09. The van der Waals surface area contributed by atoms with Crippen LogP contribution in [0.5, 0.6) is 0 Å². The molecule has 0 spiro atoms. The predicted molar refractivity (Wildman–Crippen MR) is 106 cm³/mol. The molecule has 1 heterocycles. The first-order chi connectivity index (χ1) is 12.5. The zero-order valence-corrected chi connectivity index (χ0v) is 16.9. The van der Waals surface area contributed by atoms with Gasteiger partial charge in [0.2, 0.25) is 0 Å². The van der Waals surface area contributed by atoms with Gasteiger partial charge in [-0.15, -0.1) is 0 Å². The Labute approximate surface area is 175 Å². The molecule has 27 heavy (non-hydrogen) atoms. The second-order valence-corrected chi connectivity index (χ2v) is 6.74. The van der Waals surface area contributed by atoms with E-state index in [0.29, 0.717) is 0 Å². The van der Waals surface area contributed by atoms with Crippen molar-refractivity contribution in [1.29, 1.82) is 0 Å². The molecule has 0 aromatic heterocycles. The van der Waals surface area contributed by atoms with Crippen molar-refractivity contribution in [2.24, 2.45) is 16.4 Å². The summed E-state index contributed by atoms with van der Waals surface area (Å²) in [6.45, 7) is 6.04. The molecule has 2 atom stereocenters. The summed E-state index contributed by atoms with van der Waals surface area (Å²) in [4.78, 5) is 13.0. The van der Waals surface area contributed by atoms with Crippen molar-refractivity contribution in [1.82, 2.24) is 0 Å². The summed E-state index contributed by atoms with van der Waals surface area (Å²) < 4.78 is 0. The summed E-state index contributed by atoms with van der Waals surface area (Å²) in [5.74, 6) is 1.31. The molecular formula is C23H24FeN2O+2. The van der Waals surface area contributed by atoms with Crippen molar-refractivity contribution < 1.29 is 21.9 Å². The van der Waals surface area contributed by atoms with Crippen LogP contribution in [0, 0.1) is 75.0 Å². The fourth-order valence-electron chi connectivity index (χ4n) is 3.25. The van der Waals surface area contributed by atoms with E-state index in [4.69, 9.17) is 0 Å². The predicted octanol–water partition coefficient (Wildman–Crippen LogP) is 4.48. The molecule has 2 aliphatic carbocycles. The van der Waals surface area contributed by atoms with Crippen LogP contribution < -0.4 is 5.01 Å². The van der Waals surface area contributed by atoms with Crippen molar-refractivity contribution in [2.45, 2.75) is 20.8 Å². The molecule has 1 amide bonds. The Morgan fingerprint density at radius 2 is 1.44 bits per heavy atom. The van der Waals surface area contributed by atoms with E-state index in [2.05, 4.69) is 24.9 Å². The quantitative estimate of drug-likeness (QED) is 0.689. The zero-order chi connectivity index (χ0) is 18.6. The number of hydrazone groups is 1. The molecule has 2 unspecified atom stereocenters. The topological polar surface area (TPSA) is 32.7 Å². The number of amides is 1. The van der Waals surface area contributed by atoms with Gasteiger partial charge in [0.25, 0.3) is 5.91 Å². The number of hydrogen-bond donors (Lipinski definition) is 0. The van der Waals surface area contributed by atoms with Crippen molar-refractivity contribution in [3.8, 4) is 0 Å². The molecule has 2 fully saturated rings. The Hall–Kier alpha value is -1.12. The first-order valence-corrected chi connectivity index (χ1v) is 8.88. The zero-order valence-electron chi connectivity index (χ0n) is 15.8. The minimum atomic E-state index is -0.593. The third-order valence-corrected chi connectivity index (χ3v) is 5.25. The number of para-hydroxylation sites is 1. The van der Waals surface area contributed by atoms with Crippen molar-refractivity contribution >= 4 is 17.3 Å². The molecule has 4 heteroatoms. The van der Waals surface area contributed by atoms with Crippen LogP contribution in [0.2, 0.25) is 0 Å². The molecule has 1 aromatic carbocycles. The van der Waals surface area contributed by atoms with Gasteiger partial charge < -0.3 is 0 Å². The van der Waals surface area contributed by atoms with E-state index in [0.717, 1.165) is 11.4 Å². The van der Waals surface area contributed by atoms with Crippen LogP contribution in [0.15, 0.2) is 35.4 Å². The minimum absolute atomic E-state index is 0. The first kappa shape index (κ1) is 22.2. The Morgan fingerprint density at radius 1 is 0.926 bits per heavy atom. The molecule has 0 bridgehead atoms. The monoisotopic (exact) mass is 400 g/mol. The van der Waals surface area contributed by atoms with Gasteiger partial charge in [0, 0.05) is 0 Å². The average Bonchev–Trinajstić information content (AvgIpc) is 3.43. The number of nitrogens with zero attached hydrogens (tertiary/aromatic N) is 2. The minimum Gasteiger partial charge on any atom is -0.271 e. The molecule has 1 aromatic rings. The van der Waals surface area contributed by atoms with E-state index in [1.54, 1.807) is 0 Å². The number of benzene rings is 1. The number of carbonyl (C=O) groups excluding carboxylic acids is 1. The van der Waals surface area contributed by atoms with Gasteiger partial charge in [0.05, 0.1) is 16.8 Å². The largest absolute Gasteiger partial charge is 2.00 e. The number of carbonyl (C=O) groups is 1. The summed E-state index contributed by atoms with van der Waals surface area (Å²) in [7, 11) is 0. The molecule has 4 rings (SSSR count). The summed E-state index contributed by atoms with van der Waals surface area (Å²) in [6.07, 6.45) is 18.2. The van der Waals surface area contributed by atoms with Crippen molar-refractivity contribution in [3.63, 3.8) is 0 Å². The Kier molecular flexibility index (Phi) is 8.12. The van der Waals surface area contributed by atoms with Gasteiger partial charge in [-0.3, -0.25) is 4.79 Å². The fraction of sp³-hybridized carbons (Fsp3) is 0.217. The number of rotatable bonds is 3. The third kappa shape index (κ3) is 4.66. The molecule has 3 nitrogen and oxygen atoms in total. The molecule has 10 radical (unpaired) electrons. The van der Waals surface area contributed by atoms with Gasteiger partial charge >= 0.3 is 17.1 Å². The number of hydrogen-bond acceptors (Lipinski definition) is 2. The van der Waals surface area contributed by atoms with Crippen molar-refractivity contribution in [3.05, 3.63) is 94.0 Å². The van der Waals surface area contributed by atoms with Gasteiger partial charge in [-0.1, -0.05) is 25.1 Å². The van der Waals surface area contributed by atoms with E-state index in [1.165, 1.54) is 10.9 Å². The maximum absolute atomic E-state index is 13.0. The summed E-state index contributed by atoms with van der Waals surface area (Å²) >= 11 is 0. The van der Waals surface area contributed by atoms with Gasteiger partial charge in [0.15, 0.2) is 0 Å². The van der Waals surface area contributed by atoms with Crippen LogP contribution >= 0.6 is 0 Å². The normalized spacial score (nSPS) is 26.3. The summed E-state index contributed by atoms with van der Waals surface area (Å²) in [5, 5.41) is 6.06. The second kappa shape index (κ2) is 9.89. The molecule has 0 N–H and O–H groups in total. The molecular weight excluding hydrogens is 376 g/mol. The van der Waals surface area contributed by atoms with Gasteiger partial charge in [-0.2, -0.15) is 10.1 Å². The molecule has 138 valence electrons. The Bertz CT molecular complexity index is 627. The van der Waals surface area contributed by atoms with Gasteiger partial charge in [0.1, 0.15) is 0 Å². The van der Waals surface area contributed by atoms with E-state index in [-0.39, 0.29) is 28.9 Å². The SMILES string of the molecule is CC1=NN(c2ccccc2)C(=O)C1(C)C(C)[C]1[CH][CH][CH][CH]1.[CH]1[CH][CH][CH][CH]1.[Fe+2]. The maximum atomic E-state index is 13.0. The van der Waals surface area contributed by atoms with Crippen LogP contribution in [0.25, 0.3) is 0 Å². The molecule has 3 aliphatic rings. The number of anilines is 1. The Morgan fingerprint density at radius 3 is 1.96 bits per heavy atom. The maximum Gasteiger partial charge on any atom is 2.00 e. The van der Waals surface area contributed by atoms with Crippen LogP contribution in [-0.4, -0.2) is 11.6 Å². The van der Waals surface area contributed by atoms with Crippen LogP contribution in [0.3, 0.4) is 0 Å². The molecule has 2 saturated carbocycles. The average molecular weight is 400 g/mol. The van der Waals surface area contributed by atoms with E-state index in [1.807, 2.05) is 89.1 Å². The molecule has 0 saturated heterocycles. The Balaban J connectivity index is 0.000000379. The molecule has 1 aliphatic heterocycles.